The van der Waals surface area contributed by atoms with Crippen LogP contribution in [0.15, 0.2) is 0 Å². The van der Waals surface area contributed by atoms with Crippen molar-refractivity contribution in [3.05, 3.63) is 0 Å². The summed E-state index contributed by atoms with van der Waals surface area (Å²) in [4.78, 5) is 0. The molecule has 0 heterocycles. The fraction of sp³-hybridized carbons (Fsp3) is 1.00. The predicted octanol–water partition coefficient (Wildman–Crippen LogP) is 0.646. The van der Waals surface area contributed by atoms with Crippen molar-refractivity contribution >= 4 is 0 Å². The van der Waals surface area contributed by atoms with Gasteiger partial charge in [0.25, 0.3) is 0 Å². The lowest BCUT2D eigenvalue weighted by molar-refractivity contribution is -0.930. The van der Waals surface area contributed by atoms with Gasteiger partial charge in [-0.1, -0.05) is 41.5 Å². The molecular formula is C18H40ClNO2. The molecule has 0 unspecified atom stereocenters. The zero-order valence-electron chi connectivity index (χ0n) is 15.7. The maximum absolute atomic E-state index is 9.29. The molecule has 0 saturated heterocycles. The first kappa shape index (κ1) is 24.4. The number of hydrogen-bond donors (Lipinski definition) is 2. The van der Waals surface area contributed by atoms with Gasteiger partial charge in [0.05, 0.1) is 26.2 Å². The molecule has 0 spiro atoms. The summed E-state index contributed by atoms with van der Waals surface area (Å²) < 4.78 is 1.06. The van der Waals surface area contributed by atoms with Gasteiger partial charge in [0.2, 0.25) is 0 Å². The quantitative estimate of drug-likeness (QED) is 0.405. The molecule has 0 atom stereocenters. The maximum atomic E-state index is 9.29. The molecule has 3 nitrogen and oxygen atoms in total. The molecule has 0 saturated carbocycles. The van der Waals surface area contributed by atoms with E-state index in [1.165, 1.54) is 38.9 Å². The van der Waals surface area contributed by atoms with Gasteiger partial charge in [-0.15, -0.1) is 0 Å². The van der Waals surface area contributed by atoms with Gasteiger partial charge in [-0.2, -0.15) is 0 Å². The van der Waals surface area contributed by atoms with E-state index in [2.05, 4.69) is 41.5 Å². The van der Waals surface area contributed by atoms with Gasteiger partial charge < -0.3 is 27.1 Å². The minimum atomic E-state index is -1.17. The normalized spacial score (nSPS) is 12.5. The molecule has 0 fully saturated rings. The highest BCUT2D eigenvalue weighted by molar-refractivity contribution is 4.56. The average molecular weight is 338 g/mol. The summed E-state index contributed by atoms with van der Waals surface area (Å²) in [5, 5.41) is 18.6. The van der Waals surface area contributed by atoms with E-state index >= 15 is 0 Å². The number of aliphatic hydroxyl groups excluding tert-OH is 1. The number of nitrogens with zero attached hydrogens (tertiary/aromatic N) is 1. The highest BCUT2D eigenvalue weighted by Crippen LogP contribution is 2.20. The maximum Gasteiger partial charge on any atom is 0.156 e. The summed E-state index contributed by atoms with van der Waals surface area (Å²) in [6, 6.07) is 0. The first-order valence-corrected chi connectivity index (χ1v) is 8.88. The van der Waals surface area contributed by atoms with Crippen molar-refractivity contribution in [2.45, 2.75) is 73.5 Å². The summed E-state index contributed by atoms with van der Waals surface area (Å²) >= 11 is 0. The zero-order chi connectivity index (χ0) is 16.5. The number of halogens is 1. The lowest BCUT2D eigenvalue weighted by atomic mass is 10.0. The van der Waals surface area contributed by atoms with Crippen LogP contribution in [0.1, 0.15) is 67.2 Å². The van der Waals surface area contributed by atoms with Crippen LogP contribution in [0.4, 0.5) is 0 Å². The van der Waals surface area contributed by atoms with Gasteiger partial charge in [0, 0.05) is 6.42 Å². The van der Waals surface area contributed by atoms with Crippen LogP contribution in [-0.4, -0.2) is 47.2 Å². The largest absolute Gasteiger partial charge is 1.00 e. The molecule has 2 N–H and O–H groups in total. The van der Waals surface area contributed by atoms with Gasteiger partial charge in [-0.25, -0.2) is 0 Å². The van der Waals surface area contributed by atoms with Crippen molar-refractivity contribution < 1.29 is 27.1 Å². The van der Waals surface area contributed by atoms with Gasteiger partial charge in [0.1, 0.15) is 0 Å². The monoisotopic (exact) mass is 337 g/mol. The van der Waals surface area contributed by atoms with Gasteiger partial charge in [-0.3, -0.25) is 0 Å². The lowest BCUT2D eigenvalue weighted by Gasteiger charge is -2.41. The van der Waals surface area contributed by atoms with Gasteiger partial charge >= 0.3 is 0 Å². The summed E-state index contributed by atoms with van der Waals surface area (Å²) in [7, 11) is 0. The molecule has 0 rings (SSSR count). The number of quaternary nitrogens is 1. The molecule has 0 aromatic rings. The first-order chi connectivity index (χ1) is 9.67. The second-order valence-corrected chi connectivity index (χ2v) is 8.05. The number of rotatable bonds is 12. The Bertz CT molecular complexity index is 202. The molecule has 0 amide bonds. The highest BCUT2D eigenvalue weighted by Gasteiger charge is 2.28. The van der Waals surface area contributed by atoms with Crippen LogP contribution in [-0.2, 0) is 0 Å². The molecule has 0 aromatic heterocycles. The molecule has 0 bridgehead atoms. The van der Waals surface area contributed by atoms with E-state index < -0.39 is 6.29 Å². The third-order valence-electron chi connectivity index (χ3n) is 4.40. The highest BCUT2D eigenvalue weighted by atomic mass is 35.5. The van der Waals surface area contributed by atoms with Crippen LogP contribution >= 0.6 is 0 Å². The first-order valence-electron chi connectivity index (χ1n) is 8.88. The van der Waals surface area contributed by atoms with Crippen LogP contribution < -0.4 is 12.4 Å². The third kappa shape index (κ3) is 12.7. The van der Waals surface area contributed by atoms with Crippen LogP contribution in [0.2, 0.25) is 0 Å². The van der Waals surface area contributed by atoms with E-state index in [4.69, 9.17) is 0 Å². The van der Waals surface area contributed by atoms with Crippen molar-refractivity contribution in [2.75, 3.05) is 26.2 Å². The fourth-order valence-corrected chi connectivity index (χ4v) is 2.66. The summed E-state index contributed by atoms with van der Waals surface area (Å²) in [6.07, 6.45) is 2.99. The van der Waals surface area contributed by atoms with Crippen molar-refractivity contribution in [3.8, 4) is 0 Å². The molecule has 0 aliphatic heterocycles. The van der Waals surface area contributed by atoms with E-state index in [0.29, 0.717) is 24.2 Å². The van der Waals surface area contributed by atoms with Crippen molar-refractivity contribution in [2.24, 2.45) is 17.8 Å². The Hall–Kier alpha value is 0.170. The number of hydrogen-bond acceptors (Lipinski definition) is 2. The van der Waals surface area contributed by atoms with E-state index in [-0.39, 0.29) is 12.4 Å². The SMILES string of the molecule is CC(C)CC[N+](CCC(C)C)(CCC(C)C)CCC(O)O.[Cl-]. The van der Waals surface area contributed by atoms with E-state index in [1.807, 2.05) is 0 Å². The topological polar surface area (TPSA) is 40.5 Å². The third-order valence-corrected chi connectivity index (χ3v) is 4.40. The Morgan fingerprint density at radius 3 is 1.09 bits per heavy atom. The minimum Gasteiger partial charge on any atom is -1.00 e. The summed E-state index contributed by atoms with van der Waals surface area (Å²) in [6.45, 7) is 18.1. The summed E-state index contributed by atoms with van der Waals surface area (Å²) in [5.74, 6) is 2.12. The standard InChI is InChI=1S/C18H40NO2.ClH/c1-15(2)7-11-19(12-8-16(3)4,13-9-17(5)6)14-10-18(20)21;/h15-18,20-21H,7-14H2,1-6H3;1H/q+1;/p-1. The predicted molar refractivity (Wildman–Crippen MR) is 90.9 cm³/mol. The lowest BCUT2D eigenvalue weighted by Crippen LogP contribution is -3.00. The molecule has 136 valence electrons. The van der Waals surface area contributed by atoms with Gasteiger partial charge in [-0.05, 0) is 37.0 Å². The Kier molecular flexibility index (Phi) is 14.0. The number of aliphatic hydroxyl groups is 2. The van der Waals surface area contributed by atoms with E-state index in [9.17, 15) is 10.2 Å². The molecule has 0 aromatic carbocycles. The Balaban J connectivity index is 0. The van der Waals surface area contributed by atoms with Crippen molar-refractivity contribution in [3.63, 3.8) is 0 Å². The van der Waals surface area contributed by atoms with E-state index in [1.54, 1.807) is 0 Å². The Labute approximate surface area is 145 Å². The molecule has 0 aliphatic carbocycles. The molecule has 4 heteroatoms. The van der Waals surface area contributed by atoms with Gasteiger partial charge in [0.15, 0.2) is 6.29 Å². The van der Waals surface area contributed by atoms with E-state index in [0.717, 1.165) is 11.0 Å². The van der Waals surface area contributed by atoms with Crippen molar-refractivity contribution in [1.82, 2.24) is 0 Å². The van der Waals surface area contributed by atoms with Crippen LogP contribution in [0, 0.1) is 17.8 Å². The fourth-order valence-electron chi connectivity index (χ4n) is 2.66. The zero-order valence-corrected chi connectivity index (χ0v) is 16.4. The Morgan fingerprint density at radius 2 is 0.864 bits per heavy atom. The van der Waals surface area contributed by atoms with Crippen LogP contribution in [0.5, 0.6) is 0 Å². The second kappa shape index (κ2) is 12.6. The molecule has 0 aliphatic rings. The molecular weight excluding hydrogens is 298 g/mol. The van der Waals surface area contributed by atoms with Crippen LogP contribution in [0.3, 0.4) is 0 Å². The molecule has 0 radical (unpaired) electrons. The van der Waals surface area contributed by atoms with Crippen LogP contribution in [0.25, 0.3) is 0 Å². The summed E-state index contributed by atoms with van der Waals surface area (Å²) in [5.41, 5.74) is 0. The molecule has 22 heavy (non-hydrogen) atoms. The second-order valence-electron chi connectivity index (χ2n) is 8.05. The smallest absolute Gasteiger partial charge is 0.156 e. The Morgan fingerprint density at radius 1 is 0.591 bits per heavy atom. The average Bonchev–Trinajstić information content (AvgIpc) is 2.36. The minimum absolute atomic E-state index is 0. The van der Waals surface area contributed by atoms with Crippen molar-refractivity contribution in [1.29, 1.82) is 0 Å².